The van der Waals surface area contributed by atoms with Gasteiger partial charge in [-0.2, -0.15) is 0 Å². The molecule has 0 bridgehead atoms. The lowest BCUT2D eigenvalue weighted by atomic mass is 10.0. The molecule has 2 aliphatic rings. The number of nitrogens with zero attached hydrogens (tertiary/aromatic N) is 1. The van der Waals surface area contributed by atoms with Gasteiger partial charge >= 0.3 is 0 Å². The predicted molar refractivity (Wildman–Crippen MR) is 73.5 cm³/mol. The van der Waals surface area contributed by atoms with Gasteiger partial charge in [0, 0.05) is 25.0 Å². The molecule has 1 amide bonds. The van der Waals surface area contributed by atoms with E-state index in [0.717, 1.165) is 32.5 Å². The summed E-state index contributed by atoms with van der Waals surface area (Å²) in [5, 5.41) is 6.64. The summed E-state index contributed by atoms with van der Waals surface area (Å²) in [6.45, 7) is 6.63. The van der Waals surface area contributed by atoms with Gasteiger partial charge < -0.3 is 15.5 Å². The molecular weight excluding hydrogens is 226 g/mol. The Hall–Kier alpha value is -0.610. The van der Waals surface area contributed by atoms with Crippen molar-refractivity contribution < 1.29 is 4.79 Å². The van der Waals surface area contributed by atoms with Gasteiger partial charge in [0.1, 0.15) is 0 Å². The van der Waals surface area contributed by atoms with Crippen molar-refractivity contribution in [3.05, 3.63) is 0 Å². The molecule has 0 saturated carbocycles. The van der Waals surface area contributed by atoms with Crippen LogP contribution in [0.3, 0.4) is 0 Å². The van der Waals surface area contributed by atoms with Crippen molar-refractivity contribution >= 4 is 5.91 Å². The minimum absolute atomic E-state index is 0.242. The SMILES string of the molecule is CCN1CCCC(NC(=O)CCC2CCCN2)C1. The highest BCUT2D eigenvalue weighted by Gasteiger charge is 2.21. The van der Waals surface area contributed by atoms with Gasteiger partial charge in [-0.3, -0.25) is 4.79 Å². The van der Waals surface area contributed by atoms with E-state index in [1.165, 1.54) is 25.8 Å². The number of carbonyl (C=O) groups excluding carboxylic acids is 1. The number of hydrogen-bond acceptors (Lipinski definition) is 3. The quantitative estimate of drug-likeness (QED) is 0.772. The Morgan fingerprint density at radius 1 is 1.39 bits per heavy atom. The Balaban J connectivity index is 1.63. The predicted octanol–water partition coefficient (Wildman–Crippen LogP) is 1.12. The molecule has 2 unspecified atom stereocenters. The molecule has 18 heavy (non-hydrogen) atoms. The van der Waals surface area contributed by atoms with Crippen LogP contribution in [0.4, 0.5) is 0 Å². The molecule has 4 nitrogen and oxygen atoms in total. The van der Waals surface area contributed by atoms with Gasteiger partial charge in [0.15, 0.2) is 0 Å². The van der Waals surface area contributed by atoms with E-state index in [-0.39, 0.29) is 5.91 Å². The van der Waals surface area contributed by atoms with E-state index < -0.39 is 0 Å². The van der Waals surface area contributed by atoms with Crippen molar-refractivity contribution in [2.24, 2.45) is 0 Å². The van der Waals surface area contributed by atoms with Gasteiger partial charge in [0.25, 0.3) is 0 Å². The molecule has 0 aromatic carbocycles. The van der Waals surface area contributed by atoms with Crippen molar-refractivity contribution in [2.45, 2.75) is 57.5 Å². The maximum Gasteiger partial charge on any atom is 0.220 e. The average molecular weight is 253 g/mol. The lowest BCUT2D eigenvalue weighted by Gasteiger charge is -2.32. The minimum Gasteiger partial charge on any atom is -0.352 e. The van der Waals surface area contributed by atoms with Crippen LogP contribution >= 0.6 is 0 Å². The molecule has 0 spiro atoms. The van der Waals surface area contributed by atoms with E-state index in [2.05, 4.69) is 22.5 Å². The van der Waals surface area contributed by atoms with Crippen LogP contribution in [0.5, 0.6) is 0 Å². The largest absolute Gasteiger partial charge is 0.352 e. The number of rotatable bonds is 5. The molecule has 0 radical (unpaired) electrons. The van der Waals surface area contributed by atoms with Gasteiger partial charge in [-0.15, -0.1) is 0 Å². The maximum absolute atomic E-state index is 11.9. The molecule has 104 valence electrons. The van der Waals surface area contributed by atoms with Crippen LogP contribution in [0, 0.1) is 0 Å². The molecule has 0 aliphatic carbocycles. The van der Waals surface area contributed by atoms with Crippen molar-refractivity contribution in [2.75, 3.05) is 26.2 Å². The Morgan fingerprint density at radius 3 is 3.00 bits per heavy atom. The Kier molecular flexibility index (Phi) is 5.45. The van der Waals surface area contributed by atoms with E-state index in [9.17, 15) is 4.79 Å². The number of hydrogen-bond donors (Lipinski definition) is 2. The van der Waals surface area contributed by atoms with Crippen molar-refractivity contribution in [1.29, 1.82) is 0 Å². The van der Waals surface area contributed by atoms with E-state index in [1.807, 2.05) is 0 Å². The number of carbonyl (C=O) groups is 1. The molecular formula is C14H27N3O. The summed E-state index contributed by atoms with van der Waals surface area (Å²) in [5.41, 5.74) is 0. The first-order valence-corrected chi connectivity index (χ1v) is 7.53. The molecule has 2 heterocycles. The zero-order chi connectivity index (χ0) is 12.8. The second-order valence-corrected chi connectivity index (χ2v) is 5.63. The van der Waals surface area contributed by atoms with Gasteiger partial charge in [-0.25, -0.2) is 0 Å². The number of amides is 1. The topological polar surface area (TPSA) is 44.4 Å². The smallest absolute Gasteiger partial charge is 0.220 e. The second kappa shape index (κ2) is 7.10. The molecule has 2 saturated heterocycles. The second-order valence-electron chi connectivity index (χ2n) is 5.63. The van der Waals surface area contributed by atoms with Crippen LogP contribution in [-0.2, 0) is 4.79 Å². The number of likely N-dealkylation sites (N-methyl/N-ethyl adjacent to an activating group) is 1. The molecule has 2 rings (SSSR count). The average Bonchev–Trinajstić information content (AvgIpc) is 2.90. The normalized spacial score (nSPS) is 29.4. The van der Waals surface area contributed by atoms with E-state index >= 15 is 0 Å². The third kappa shape index (κ3) is 4.25. The third-order valence-corrected chi connectivity index (χ3v) is 4.20. The first-order valence-electron chi connectivity index (χ1n) is 7.53. The Bertz CT molecular complexity index is 264. The van der Waals surface area contributed by atoms with Crippen LogP contribution in [0.2, 0.25) is 0 Å². The van der Waals surface area contributed by atoms with Crippen molar-refractivity contribution in [3.63, 3.8) is 0 Å². The van der Waals surface area contributed by atoms with Crippen LogP contribution in [0.1, 0.15) is 45.4 Å². The van der Waals surface area contributed by atoms with Gasteiger partial charge in [0.2, 0.25) is 5.91 Å². The molecule has 2 fully saturated rings. The summed E-state index contributed by atoms with van der Waals surface area (Å²) < 4.78 is 0. The fraction of sp³-hybridized carbons (Fsp3) is 0.929. The molecule has 4 heteroatoms. The zero-order valence-electron chi connectivity index (χ0n) is 11.6. The third-order valence-electron chi connectivity index (χ3n) is 4.20. The fourth-order valence-corrected chi connectivity index (χ4v) is 3.07. The fourth-order valence-electron chi connectivity index (χ4n) is 3.07. The Labute approximate surface area is 110 Å². The molecule has 0 aromatic rings. The standard InChI is InChI=1S/C14H27N3O/c1-2-17-10-4-6-13(11-17)16-14(18)8-7-12-5-3-9-15-12/h12-13,15H,2-11H2,1H3,(H,16,18). The van der Waals surface area contributed by atoms with Gasteiger partial charge in [0.05, 0.1) is 0 Å². The Morgan fingerprint density at radius 2 is 2.28 bits per heavy atom. The summed E-state index contributed by atoms with van der Waals surface area (Å²) >= 11 is 0. The number of likely N-dealkylation sites (tertiary alicyclic amines) is 1. The highest BCUT2D eigenvalue weighted by molar-refractivity contribution is 5.76. The zero-order valence-corrected chi connectivity index (χ0v) is 11.6. The summed E-state index contributed by atoms with van der Waals surface area (Å²) in [6.07, 6.45) is 6.53. The molecule has 2 aliphatic heterocycles. The van der Waals surface area contributed by atoms with Gasteiger partial charge in [-0.05, 0) is 51.7 Å². The highest BCUT2D eigenvalue weighted by Crippen LogP contribution is 2.12. The van der Waals surface area contributed by atoms with Crippen LogP contribution in [0.15, 0.2) is 0 Å². The van der Waals surface area contributed by atoms with Gasteiger partial charge in [-0.1, -0.05) is 6.92 Å². The van der Waals surface area contributed by atoms with E-state index in [0.29, 0.717) is 18.5 Å². The first kappa shape index (κ1) is 13.8. The van der Waals surface area contributed by atoms with E-state index in [4.69, 9.17) is 0 Å². The summed E-state index contributed by atoms with van der Waals surface area (Å²) in [7, 11) is 0. The molecule has 0 aromatic heterocycles. The van der Waals surface area contributed by atoms with Crippen LogP contribution in [0.25, 0.3) is 0 Å². The molecule has 2 atom stereocenters. The maximum atomic E-state index is 11.9. The van der Waals surface area contributed by atoms with E-state index in [1.54, 1.807) is 0 Å². The summed E-state index contributed by atoms with van der Waals surface area (Å²) in [5.74, 6) is 0.242. The first-order chi connectivity index (χ1) is 8.78. The van der Waals surface area contributed by atoms with Crippen LogP contribution in [-0.4, -0.2) is 49.1 Å². The van der Waals surface area contributed by atoms with Crippen molar-refractivity contribution in [1.82, 2.24) is 15.5 Å². The number of nitrogens with one attached hydrogen (secondary N) is 2. The summed E-state index contributed by atoms with van der Waals surface area (Å²) in [6, 6.07) is 0.956. The highest BCUT2D eigenvalue weighted by atomic mass is 16.1. The van der Waals surface area contributed by atoms with Crippen molar-refractivity contribution in [3.8, 4) is 0 Å². The summed E-state index contributed by atoms with van der Waals surface area (Å²) in [4.78, 5) is 14.3. The van der Waals surface area contributed by atoms with Crippen LogP contribution < -0.4 is 10.6 Å². The number of piperidine rings is 1. The lowest BCUT2D eigenvalue weighted by Crippen LogP contribution is -2.47. The lowest BCUT2D eigenvalue weighted by molar-refractivity contribution is -0.122. The molecule has 2 N–H and O–H groups in total. The minimum atomic E-state index is 0.242. The monoisotopic (exact) mass is 253 g/mol.